The maximum atomic E-state index is 13.1. The number of ether oxygens (including phenoxy) is 1. The highest BCUT2D eigenvalue weighted by atomic mass is 19.1. The molecule has 1 heterocycles. The minimum Gasteiger partial charge on any atom is -0.449 e. The molecule has 2 unspecified atom stereocenters. The summed E-state index contributed by atoms with van der Waals surface area (Å²) in [6, 6.07) is 17.1. The zero-order chi connectivity index (χ0) is 22.7. The van der Waals surface area contributed by atoms with Gasteiger partial charge in [-0.15, -0.1) is 0 Å². The number of hydrogen-bond acceptors (Lipinski definition) is 6. The first-order valence-corrected chi connectivity index (χ1v) is 10.3. The number of amides is 1. The van der Waals surface area contributed by atoms with Crippen molar-refractivity contribution in [2.45, 2.75) is 24.5 Å². The number of nitrogen functional groups attached to an aromatic ring is 1. The second-order valence-electron chi connectivity index (χ2n) is 7.68. The van der Waals surface area contributed by atoms with E-state index in [2.05, 4.69) is 22.4 Å². The lowest BCUT2D eigenvalue weighted by molar-refractivity contribution is 0.0116. The van der Waals surface area contributed by atoms with Crippen molar-refractivity contribution >= 4 is 11.8 Å². The van der Waals surface area contributed by atoms with Gasteiger partial charge in [0.25, 0.3) is 0 Å². The molecule has 0 saturated carbocycles. The second-order valence-corrected chi connectivity index (χ2v) is 7.68. The third-order valence-electron chi connectivity index (χ3n) is 5.61. The number of benzene rings is 2. The maximum absolute atomic E-state index is 13.1. The van der Waals surface area contributed by atoms with E-state index in [1.54, 1.807) is 0 Å². The van der Waals surface area contributed by atoms with Crippen molar-refractivity contribution in [2.75, 3.05) is 18.9 Å². The Hall–Kier alpha value is -3.49. The first kappa shape index (κ1) is 21.7. The molecule has 1 aromatic heterocycles. The summed E-state index contributed by atoms with van der Waals surface area (Å²) in [5.41, 5.74) is 10.1. The molecule has 0 bridgehead atoms. The number of aromatic nitrogens is 1. The summed E-state index contributed by atoms with van der Waals surface area (Å²) in [6.45, 7) is 0.247. The summed E-state index contributed by atoms with van der Waals surface area (Å²) in [6.07, 6.45) is -2.32. The van der Waals surface area contributed by atoms with E-state index < -0.39 is 24.1 Å². The van der Waals surface area contributed by atoms with E-state index in [9.17, 15) is 19.4 Å². The van der Waals surface area contributed by atoms with Gasteiger partial charge in [0, 0.05) is 18.5 Å². The smallest absolute Gasteiger partial charge is 0.407 e. The van der Waals surface area contributed by atoms with E-state index in [-0.39, 0.29) is 36.9 Å². The van der Waals surface area contributed by atoms with Crippen LogP contribution in [-0.4, -0.2) is 40.5 Å². The van der Waals surface area contributed by atoms with Crippen LogP contribution in [0.15, 0.2) is 60.8 Å². The van der Waals surface area contributed by atoms with Crippen molar-refractivity contribution in [1.29, 1.82) is 0 Å². The highest BCUT2D eigenvalue weighted by molar-refractivity contribution is 5.79. The Morgan fingerprint density at radius 2 is 1.75 bits per heavy atom. The second kappa shape index (κ2) is 9.33. The lowest BCUT2D eigenvalue weighted by atomic mass is 9.98. The Balaban J connectivity index is 1.29. The SMILES string of the molecule is Nc1cc(F)cnc1C(O)C(O)CCNC(=O)OCC1c2ccccc2-c2ccccc21. The lowest BCUT2D eigenvalue weighted by Crippen LogP contribution is -2.31. The summed E-state index contributed by atoms with van der Waals surface area (Å²) < 4.78 is 18.5. The molecule has 1 aliphatic carbocycles. The molecule has 4 rings (SSSR count). The van der Waals surface area contributed by atoms with E-state index >= 15 is 0 Å². The number of hydrogen-bond donors (Lipinski definition) is 4. The Morgan fingerprint density at radius 1 is 1.12 bits per heavy atom. The van der Waals surface area contributed by atoms with E-state index in [0.717, 1.165) is 34.5 Å². The van der Waals surface area contributed by atoms with Gasteiger partial charge in [-0.05, 0) is 28.7 Å². The largest absolute Gasteiger partial charge is 0.449 e. The van der Waals surface area contributed by atoms with Gasteiger partial charge in [0.15, 0.2) is 0 Å². The number of nitrogens with one attached hydrogen (secondary N) is 1. The van der Waals surface area contributed by atoms with E-state index in [0.29, 0.717) is 0 Å². The van der Waals surface area contributed by atoms with E-state index in [4.69, 9.17) is 10.5 Å². The van der Waals surface area contributed by atoms with Crippen LogP contribution in [0.2, 0.25) is 0 Å². The van der Waals surface area contributed by atoms with Gasteiger partial charge in [-0.25, -0.2) is 9.18 Å². The first-order valence-electron chi connectivity index (χ1n) is 10.3. The highest BCUT2D eigenvalue weighted by Crippen LogP contribution is 2.44. The predicted molar refractivity (Wildman–Crippen MR) is 117 cm³/mol. The molecule has 0 spiro atoms. The average Bonchev–Trinajstić information content (AvgIpc) is 3.11. The fourth-order valence-electron chi connectivity index (χ4n) is 4.02. The average molecular weight is 437 g/mol. The summed E-state index contributed by atoms with van der Waals surface area (Å²) in [7, 11) is 0. The van der Waals surface area contributed by atoms with Crippen molar-refractivity contribution in [3.05, 3.63) is 83.4 Å². The summed E-state index contributed by atoms with van der Waals surface area (Å²) in [5.74, 6) is -0.682. The Bertz CT molecular complexity index is 1080. The quantitative estimate of drug-likeness (QED) is 0.451. The molecule has 1 amide bonds. The van der Waals surface area contributed by atoms with Gasteiger partial charge in [0.2, 0.25) is 0 Å². The van der Waals surface area contributed by atoms with E-state index in [1.807, 2.05) is 36.4 Å². The molecule has 7 nitrogen and oxygen atoms in total. The van der Waals surface area contributed by atoms with E-state index in [1.165, 1.54) is 0 Å². The van der Waals surface area contributed by atoms with Crippen molar-refractivity contribution in [1.82, 2.24) is 10.3 Å². The zero-order valence-corrected chi connectivity index (χ0v) is 17.2. The van der Waals surface area contributed by atoms with Crippen LogP contribution in [0.25, 0.3) is 11.1 Å². The minimum atomic E-state index is -1.40. The number of aliphatic hydroxyl groups excluding tert-OH is 2. The van der Waals surface area contributed by atoms with Crippen LogP contribution in [0, 0.1) is 5.82 Å². The summed E-state index contributed by atoms with van der Waals surface area (Å²) in [5, 5.41) is 22.9. The normalized spacial score (nSPS) is 14.3. The summed E-state index contributed by atoms with van der Waals surface area (Å²) in [4.78, 5) is 15.9. The third kappa shape index (κ3) is 4.42. The van der Waals surface area contributed by atoms with Crippen LogP contribution in [0.1, 0.15) is 35.3 Å². The number of carbonyl (C=O) groups excluding carboxylic acids is 1. The molecule has 1 aliphatic rings. The molecule has 166 valence electrons. The van der Waals surface area contributed by atoms with Crippen LogP contribution in [-0.2, 0) is 4.74 Å². The number of pyridine rings is 1. The minimum absolute atomic E-state index is 0.0139. The maximum Gasteiger partial charge on any atom is 0.407 e. The Kier molecular flexibility index (Phi) is 6.34. The van der Waals surface area contributed by atoms with Gasteiger partial charge in [-0.3, -0.25) is 4.98 Å². The number of rotatable bonds is 7. The topological polar surface area (TPSA) is 118 Å². The molecular formula is C24H24FN3O4. The fraction of sp³-hybridized carbons (Fsp3) is 0.250. The molecule has 3 aromatic rings. The molecule has 2 aromatic carbocycles. The molecule has 0 aliphatic heterocycles. The molecule has 0 fully saturated rings. The fourth-order valence-corrected chi connectivity index (χ4v) is 4.02. The molecule has 8 heteroatoms. The van der Waals surface area contributed by atoms with Crippen LogP contribution >= 0.6 is 0 Å². The van der Waals surface area contributed by atoms with Crippen LogP contribution in [0.5, 0.6) is 0 Å². The van der Waals surface area contributed by atoms with Crippen molar-refractivity contribution < 1.29 is 24.1 Å². The summed E-state index contributed by atoms with van der Waals surface area (Å²) >= 11 is 0. The number of anilines is 1. The number of nitrogens with two attached hydrogens (primary N) is 1. The molecular weight excluding hydrogens is 413 g/mol. The predicted octanol–water partition coefficient (Wildman–Crippen LogP) is 3.13. The highest BCUT2D eigenvalue weighted by Gasteiger charge is 2.29. The van der Waals surface area contributed by atoms with Crippen LogP contribution in [0.3, 0.4) is 0 Å². The molecule has 0 saturated heterocycles. The number of halogens is 1. The molecule has 5 N–H and O–H groups in total. The van der Waals surface area contributed by atoms with Crippen LogP contribution < -0.4 is 11.1 Å². The van der Waals surface area contributed by atoms with Gasteiger partial charge in [0.1, 0.15) is 18.5 Å². The standard InChI is InChI=1S/C24H24FN3O4/c25-14-11-20(26)22(28-12-14)23(30)21(29)9-10-27-24(31)32-13-19-17-7-3-1-5-15(17)16-6-2-4-8-18(16)19/h1-8,11-12,19,21,23,29-30H,9-10,13,26H2,(H,27,31). The van der Waals surface area contributed by atoms with Gasteiger partial charge >= 0.3 is 6.09 Å². The monoisotopic (exact) mass is 437 g/mol. The zero-order valence-electron chi connectivity index (χ0n) is 17.2. The number of fused-ring (bicyclic) bond motifs is 3. The van der Waals surface area contributed by atoms with Gasteiger partial charge < -0.3 is 26.0 Å². The third-order valence-corrected chi connectivity index (χ3v) is 5.61. The van der Waals surface area contributed by atoms with Crippen LogP contribution in [0.4, 0.5) is 14.9 Å². The Morgan fingerprint density at radius 3 is 2.38 bits per heavy atom. The van der Waals surface area contributed by atoms with Gasteiger partial charge in [0.05, 0.1) is 23.7 Å². The van der Waals surface area contributed by atoms with Crippen molar-refractivity contribution in [3.8, 4) is 11.1 Å². The molecule has 0 radical (unpaired) electrons. The van der Waals surface area contributed by atoms with Gasteiger partial charge in [-0.1, -0.05) is 48.5 Å². The van der Waals surface area contributed by atoms with Crippen molar-refractivity contribution in [3.63, 3.8) is 0 Å². The number of carbonyl (C=O) groups is 1. The molecule has 32 heavy (non-hydrogen) atoms. The number of aliphatic hydroxyl groups is 2. The lowest BCUT2D eigenvalue weighted by Gasteiger charge is -2.19. The first-order chi connectivity index (χ1) is 15.5. The molecule has 2 atom stereocenters. The number of nitrogens with zero attached hydrogens (tertiary/aromatic N) is 1. The van der Waals surface area contributed by atoms with Gasteiger partial charge in [-0.2, -0.15) is 0 Å². The van der Waals surface area contributed by atoms with Crippen molar-refractivity contribution in [2.24, 2.45) is 0 Å². The Labute approximate surface area is 184 Å². The number of alkyl carbamates (subject to hydrolysis) is 1.